The van der Waals surface area contributed by atoms with E-state index in [1.165, 1.54) is 29.6 Å². The summed E-state index contributed by atoms with van der Waals surface area (Å²) in [5, 5.41) is 5.91. The molecule has 0 bridgehead atoms. The monoisotopic (exact) mass is 479 g/mol. The predicted molar refractivity (Wildman–Crippen MR) is 119 cm³/mol. The largest absolute Gasteiger partial charge is 0.495 e. The van der Waals surface area contributed by atoms with Crippen molar-refractivity contribution < 1.29 is 27.5 Å². The number of fused-ring (bicyclic) bond motifs is 1. The molecule has 2 aromatic carbocycles. The Bertz CT molecular complexity index is 1160. The Balaban J connectivity index is 1.42. The molecule has 2 N–H and O–H groups in total. The van der Waals surface area contributed by atoms with Crippen molar-refractivity contribution in [3.05, 3.63) is 41.4 Å². The van der Waals surface area contributed by atoms with Crippen molar-refractivity contribution in [2.45, 2.75) is 17.7 Å². The molecule has 0 spiro atoms. The third-order valence-electron chi connectivity index (χ3n) is 5.47. The van der Waals surface area contributed by atoms with Crippen molar-refractivity contribution in [2.24, 2.45) is 5.92 Å². The first-order valence-electron chi connectivity index (χ1n) is 9.99. The molecule has 0 aliphatic carbocycles. The summed E-state index contributed by atoms with van der Waals surface area (Å²) in [4.78, 5) is 24.3. The lowest BCUT2D eigenvalue weighted by atomic mass is 9.97. The van der Waals surface area contributed by atoms with Crippen molar-refractivity contribution in [1.82, 2.24) is 4.31 Å². The minimum absolute atomic E-state index is 0.0635. The number of rotatable bonds is 5. The van der Waals surface area contributed by atoms with E-state index >= 15 is 0 Å². The smallest absolute Gasteiger partial charge is 0.262 e. The number of halogens is 1. The third-order valence-corrected chi connectivity index (χ3v) is 7.60. The van der Waals surface area contributed by atoms with E-state index in [0.717, 1.165) is 0 Å². The number of carbonyl (C=O) groups is 2. The summed E-state index contributed by atoms with van der Waals surface area (Å²) in [5.74, 6) is 0.0226. The predicted octanol–water partition coefficient (Wildman–Crippen LogP) is 2.72. The molecule has 2 aromatic rings. The fourth-order valence-corrected chi connectivity index (χ4v) is 5.41. The summed E-state index contributed by atoms with van der Waals surface area (Å²) in [6.07, 6.45) is 0.747. The first kappa shape index (κ1) is 22.4. The Morgan fingerprint density at radius 2 is 1.97 bits per heavy atom. The van der Waals surface area contributed by atoms with E-state index in [-0.39, 0.29) is 42.3 Å². The Morgan fingerprint density at radius 3 is 2.69 bits per heavy atom. The van der Waals surface area contributed by atoms with Gasteiger partial charge in [-0.05, 0) is 49.2 Å². The standard InChI is InChI=1S/C21H22ClN3O6S/c1-30-18-4-2-14(22)10-16(18)24-21(27)13-6-8-25(9-7-13)32(28,29)15-3-5-19-17(11-15)23-20(26)12-31-19/h2-5,10-11,13H,6-9,12H2,1H3,(H,23,26)(H,24,27). The summed E-state index contributed by atoms with van der Waals surface area (Å²) in [6, 6.07) is 9.31. The van der Waals surface area contributed by atoms with E-state index < -0.39 is 10.0 Å². The number of ether oxygens (including phenoxy) is 2. The number of sulfonamides is 1. The third kappa shape index (κ3) is 4.52. The fourth-order valence-electron chi connectivity index (χ4n) is 3.74. The summed E-state index contributed by atoms with van der Waals surface area (Å²) >= 11 is 6.01. The lowest BCUT2D eigenvalue weighted by Crippen LogP contribution is -2.41. The highest BCUT2D eigenvalue weighted by Gasteiger charge is 2.33. The average molecular weight is 480 g/mol. The number of benzene rings is 2. The van der Waals surface area contributed by atoms with Crippen LogP contribution in [0.5, 0.6) is 11.5 Å². The lowest BCUT2D eigenvalue weighted by molar-refractivity contribution is -0.121. The van der Waals surface area contributed by atoms with Gasteiger partial charge in [-0.25, -0.2) is 8.42 Å². The first-order valence-corrected chi connectivity index (χ1v) is 11.8. The van der Waals surface area contributed by atoms with E-state index in [4.69, 9.17) is 21.1 Å². The number of carbonyl (C=O) groups excluding carboxylic acids is 2. The van der Waals surface area contributed by atoms with E-state index in [2.05, 4.69) is 10.6 Å². The van der Waals surface area contributed by atoms with Gasteiger partial charge in [0.1, 0.15) is 11.5 Å². The highest BCUT2D eigenvalue weighted by atomic mass is 35.5. The van der Waals surface area contributed by atoms with Gasteiger partial charge < -0.3 is 20.1 Å². The fraction of sp³-hybridized carbons (Fsp3) is 0.333. The Hall–Kier alpha value is -2.82. The van der Waals surface area contributed by atoms with Crippen LogP contribution in [0.15, 0.2) is 41.3 Å². The molecule has 0 aromatic heterocycles. The minimum atomic E-state index is -3.78. The van der Waals surface area contributed by atoms with Crippen LogP contribution in [0, 0.1) is 5.92 Å². The van der Waals surface area contributed by atoms with Crippen molar-refractivity contribution in [1.29, 1.82) is 0 Å². The minimum Gasteiger partial charge on any atom is -0.495 e. The zero-order valence-electron chi connectivity index (χ0n) is 17.3. The number of methoxy groups -OCH3 is 1. The Labute approximate surface area is 190 Å². The second-order valence-corrected chi connectivity index (χ2v) is 9.88. The van der Waals surface area contributed by atoms with Gasteiger partial charge in [-0.1, -0.05) is 11.6 Å². The molecular weight excluding hydrogens is 458 g/mol. The molecule has 0 saturated carbocycles. The van der Waals surface area contributed by atoms with Crippen molar-refractivity contribution in [2.75, 3.05) is 37.4 Å². The van der Waals surface area contributed by atoms with Crippen LogP contribution in [-0.4, -0.2) is 51.3 Å². The molecular formula is C21H22ClN3O6S. The Morgan fingerprint density at radius 1 is 1.22 bits per heavy atom. The summed E-state index contributed by atoms with van der Waals surface area (Å²) < 4.78 is 38.0. The number of anilines is 2. The van der Waals surface area contributed by atoms with Gasteiger partial charge in [0.25, 0.3) is 5.91 Å². The van der Waals surface area contributed by atoms with Crippen LogP contribution in [0.25, 0.3) is 0 Å². The van der Waals surface area contributed by atoms with Gasteiger partial charge in [-0.2, -0.15) is 4.31 Å². The van der Waals surface area contributed by atoms with Crippen LogP contribution < -0.4 is 20.1 Å². The number of nitrogens with one attached hydrogen (secondary N) is 2. The van der Waals surface area contributed by atoms with Crippen LogP contribution >= 0.6 is 11.6 Å². The van der Waals surface area contributed by atoms with Gasteiger partial charge in [0.05, 0.1) is 23.4 Å². The Kier molecular flexibility index (Phi) is 6.27. The van der Waals surface area contributed by atoms with Gasteiger partial charge in [0.15, 0.2) is 6.61 Å². The van der Waals surface area contributed by atoms with E-state index in [9.17, 15) is 18.0 Å². The maximum atomic E-state index is 13.1. The van der Waals surface area contributed by atoms with Gasteiger partial charge in [-0.15, -0.1) is 0 Å². The normalized spacial score (nSPS) is 17.1. The highest BCUT2D eigenvalue weighted by Crippen LogP contribution is 2.33. The van der Waals surface area contributed by atoms with Crippen molar-refractivity contribution >= 4 is 44.8 Å². The van der Waals surface area contributed by atoms with Crippen molar-refractivity contribution in [3.63, 3.8) is 0 Å². The molecule has 4 rings (SSSR count). The topological polar surface area (TPSA) is 114 Å². The molecule has 0 atom stereocenters. The van der Waals surface area contributed by atoms with E-state index in [1.807, 2.05) is 0 Å². The molecule has 0 radical (unpaired) electrons. The van der Waals surface area contributed by atoms with Gasteiger partial charge in [0.2, 0.25) is 15.9 Å². The van der Waals surface area contributed by atoms with Crippen LogP contribution in [0.2, 0.25) is 5.02 Å². The maximum Gasteiger partial charge on any atom is 0.262 e. The average Bonchev–Trinajstić information content (AvgIpc) is 2.78. The number of hydrogen-bond donors (Lipinski definition) is 2. The SMILES string of the molecule is COc1ccc(Cl)cc1NC(=O)C1CCN(S(=O)(=O)c2ccc3c(c2)NC(=O)CO3)CC1. The quantitative estimate of drug-likeness (QED) is 0.681. The molecule has 1 fully saturated rings. The lowest BCUT2D eigenvalue weighted by Gasteiger charge is -2.31. The zero-order valence-corrected chi connectivity index (χ0v) is 18.8. The first-order chi connectivity index (χ1) is 15.3. The molecule has 1 saturated heterocycles. The van der Waals surface area contributed by atoms with Gasteiger partial charge in [0, 0.05) is 24.0 Å². The molecule has 2 aliphatic rings. The van der Waals surface area contributed by atoms with Gasteiger partial charge in [-0.3, -0.25) is 9.59 Å². The van der Waals surface area contributed by atoms with Gasteiger partial charge >= 0.3 is 0 Å². The van der Waals surface area contributed by atoms with Crippen LogP contribution in [0.1, 0.15) is 12.8 Å². The van der Waals surface area contributed by atoms with E-state index in [0.29, 0.717) is 40.7 Å². The molecule has 2 heterocycles. The number of hydrogen-bond acceptors (Lipinski definition) is 6. The maximum absolute atomic E-state index is 13.1. The van der Waals surface area contributed by atoms with Crippen LogP contribution in [0.3, 0.4) is 0 Å². The molecule has 32 heavy (non-hydrogen) atoms. The van der Waals surface area contributed by atoms with E-state index in [1.54, 1.807) is 18.2 Å². The highest BCUT2D eigenvalue weighted by molar-refractivity contribution is 7.89. The molecule has 2 amide bonds. The summed E-state index contributed by atoms with van der Waals surface area (Å²) in [6.45, 7) is 0.301. The van der Waals surface area contributed by atoms with Crippen molar-refractivity contribution in [3.8, 4) is 11.5 Å². The number of amides is 2. The van der Waals surface area contributed by atoms with Crippen LogP contribution in [0.4, 0.5) is 11.4 Å². The second kappa shape index (κ2) is 8.97. The molecule has 11 heteroatoms. The number of piperidine rings is 1. The molecule has 9 nitrogen and oxygen atoms in total. The number of nitrogens with zero attached hydrogens (tertiary/aromatic N) is 1. The molecule has 170 valence electrons. The molecule has 2 aliphatic heterocycles. The second-order valence-electron chi connectivity index (χ2n) is 7.51. The summed E-state index contributed by atoms with van der Waals surface area (Å²) in [7, 11) is -2.28. The van der Waals surface area contributed by atoms with Crippen LogP contribution in [-0.2, 0) is 19.6 Å². The summed E-state index contributed by atoms with van der Waals surface area (Å²) in [5.41, 5.74) is 0.797. The molecule has 0 unspecified atom stereocenters. The zero-order chi connectivity index (χ0) is 22.9.